The monoisotopic (exact) mass is 285 g/mol. The minimum absolute atomic E-state index is 0.484. The Morgan fingerprint density at radius 2 is 1.86 bits per heavy atom. The number of aromatic nitrogens is 2. The van der Waals surface area contributed by atoms with E-state index in [0.717, 1.165) is 29.4 Å². The Bertz CT molecular complexity index is 555. The molecule has 1 heterocycles. The normalized spacial score (nSPS) is 10.9. The van der Waals surface area contributed by atoms with Gasteiger partial charge in [0.05, 0.1) is 12.3 Å². The molecule has 2 aromatic rings. The zero-order valence-electron chi connectivity index (χ0n) is 13.2. The number of nitrogens with one attached hydrogen (secondary N) is 1. The van der Waals surface area contributed by atoms with Crippen molar-refractivity contribution in [2.45, 2.75) is 33.3 Å². The molecule has 112 valence electrons. The van der Waals surface area contributed by atoms with Crippen molar-refractivity contribution in [2.75, 3.05) is 19.0 Å². The van der Waals surface area contributed by atoms with E-state index in [1.54, 1.807) is 7.11 Å². The highest BCUT2D eigenvalue weighted by Gasteiger charge is 2.07. The number of hydrogen-bond acceptors (Lipinski definition) is 4. The van der Waals surface area contributed by atoms with E-state index in [1.807, 2.05) is 6.07 Å². The van der Waals surface area contributed by atoms with E-state index < -0.39 is 0 Å². The van der Waals surface area contributed by atoms with Gasteiger partial charge in [-0.25, -0.2) is 9.97 Å². The van der Waals surface area contributed by atoms with Crippen molar-refractivity contribution in [1.82, 2.24) is 9.97 Å². The molecule has 4 heteroatoms. The number of ether oxygens (including phenoxy) is 1. The van der Waals surface area contributed by atoms with Crippen LogP contribution in [0, 0.1) is 0 Å². The Hall–Kier alpha value is -1.94. The predicted octanol–water partition coefficient (Wildman–Crippen LogP) is 3.85. The third kappa shape index (κ3) is 4.02. The molecule has 0 amide bonds. The van der Waals surface area contributed by atoms with Gasteiger partial charge in [0.25, 0.3) is 0 Å². The first kappa shape index (κ1) is 15.4. The Morgan fingerprint density at radius 3 is 2.43 bits per heavy atom. The van der Waals surface area contributed by atoms with Crippen molar-refractivity contribution in [2.24, 2.45) is 0 Å². The fourth-order valence-corrected chi connectivity index (χ4v) is 2.14. The summed E-state index contributed by atoms with van der Waals surface area (Å²) in [6.45, 7) is 7.74. The van der Waals surface area contributed by atoms with Crippen LogP contribution in [0.4, 0.5) is 5.82 Å². The summed E-state index contributed by atoms with van der Waals surface area (Å²) in [7, 11) is 1.67. The summed E-state index contributed by atoms with van der Waals surface area (Å²) >= 11 is 0. The highest BCUT2D eigenvalue weighted by atomic mass is 16.5. The molecule has 0 aliphatic rings. The second kappa shape index (κ2) is 7.18. The minimum Gasteiger partial charge on any atom is -0.378 e. The summed E-state index contributed by atoms with van der Waals surface area (Å²) in [5, 5.41) is 3.24. The SMILES string of the molecule is CCNc1cc(COC)nc(-c2ccc(C(C)C)cc2)n1. The molecule has 0 atom stereocenters. The molecule has 2 rings (SSSR count). The molecule has 0 spiro atoms. The number of methoxy groups -OCH3 is 1. The molecule has 1 N–H and O–H groups in total. The molecule has 0 bridgehead atoms. The van der Waals surface area contributed by atoms with Crippen molar-refractivity contribution < 1.29 is 4.74 Å². The summed E-state index contributed by atoms with van der Waals surface area (Å²) in [5.74, 6) is 2.09. The molecule has 21 heavy (non-hydrogen) atoms. The van der Waals surface area contributed by atoms with Gasteiger partial charge in [0.15, 0.2) is 5.82 Å². The summed E-state index contributed by atoms with van der Waals surface area (Å²) in [6, 6.07) is 10.4. The quantitative estimate of drug-likeness (QED) is 0.876. The summed E-state index contributed by atoms with van der Waals surface area (Å²) in [5.41, 5.74) is 3.22. The number of rotatable bonds is 6. The van der Waals surface area contributed by atoms with Crippen LogP contribution < -0.4 is 5.32 Å². The highest BCUT2D eigenvalue weighted by Crippen LogP contribution is 2.22. The third-order valence-electron chi connectivity index (χ3n) is 3.26. The number of hydrogen-bond donors (Lipinski definition) is 1. The second-order valence-corrected chi connectivity index (χ2v) is 5.31. The maximum absolute atomic E-state index is 5.18. The van der Waals surface area contributed by atoms with Crippen LogP contribution in [0.5, 0.6) is 0 Å². The van der Waals surface area contributed by atoms with Crippen molar-refractivity contribution in [1.29, 1.82) is 0 Å². The topological polar surface area (TPSA) is 47.0 Å². The Labute approximate surface area is 126 Å². The van der Waals surface area contributed by atoms with E-state index >= 15 is 0 Å². The van der Waals surface area contributed by atoms with E-state index in [9.17, 15) is 0 Å². The molecular formula is C17H23N3O. The van der Waals surface area contributed by atoms with Crippen molar-refractivity contribution in [3.05, 3.63) is 41.6 Å². The number of benzene rings is 1. The van der Waals surface area contributed by atoms with E-state index in [1.165, 1.54) is 5.56 Å². The average molecular weight is 285 g/mol. The van der Waals surface area contributed by atoms with E-state index in [0.29, 0.717) is 12.5 Å². The lowest BCUT2D eigenvalue weighted by Gasteiger charge is -2.10. The lowest BCUT2D eigenvalue weighted by molar-refractivity contribution is 0.181. The summed E-state index contributed by atoms with van der Waals surface area (Å²) in [4.78, 5) is 9.15. The van der Waals surface area contributed by atoms with Gasteiger partial charge < -0.3 is 10.1 Å². The fraction of sp³-hybridized carbons (Fsp3) is 0.412. The van der Waals surface area contributed by atoms with Crippen LogP contribution in [0.3, 0.4) is 0 Å². The van der Waals surface area contributed by atoms with Crippen molar-refractivity contribution in [3.63, 3.8) is 0 Å². The van der Waals surface area contributed by atoms with Gasteiger partial charge in [-0.2, -0.15) is 0 Å². The third-order valence-corrected chi connectivity index (χ3v) is 3.26. The molecule has 0 aliphatic carbocycles. The van der Waals surface area contributed by atoms with Crippen LogP contribution in [-0.2, 0) is 11.3 Å². The summed E-state index contributed by atoms with van der Waals surface area (Å²) in [6.07, 6.45) is 0. The molecule has 4 nitrogen and oxygen atoms in total. The van der Waals surface area contributed by atoms with Crippen molar-refractivity contribution >= 4 is 5.82 Å². The second-order valence-electron chi connectivity index (χ2n) is 5.31. The highest BCUT2D eigenvalue weighted by molar-refractivity contribution is 5.58. The fourth-order valence-electron chi connectivity index (χ4n) is 2.14. The first-order chi connectivity index (χ1) is 10.1. The van der Waals surface area contributed by atoms with Gasteiger partial charge in [0, 0.05) is 25.3 Å². The van der Waals surface area contributed by atoms with Crippen LogP contribution in [0.15, 0.2) is 30.3 Å². The minimum atomic E-state index is 0.484. The van der Waals surface area contributed by atoms with Crippen LogP contribution in [0.25, 0.3) is 11.4 Å². The Balaban J connectivity index is 2.36. The van der Waals surface area contributed by atoms with Crippen LogP contribution in [0.2, 0.25) is 0 Å². The smallest absolute Gasteiger partial charge is 0.161 e. The standard InChI is InChI=1S/C17H23N3O/c1-5-18-16-10-15(11-21-4)19-17(20-16)14-8-6-13(7-9-14)12(2)3/h6-10,12H,5,11H2,1-4H3,(H,18,19,20). The van der Waals surface area contributed by atoms with E-state index in [4.69, 9.17) is 4.74 Å². The molecule has 0 fully saturated rings. The zero-order valence-corrected chi connectivity index (χ0v) is 13.2. The average Bonchev–Trinajstić information content (AvgIpc) is 2.48. The van der Waals surface area contributed by atoms with Crippen LogP contribution in [0.1, 0.15) is 37.9 Å². The van der Waals surface area contributed by atoms with Gasteiger partial charge in [-0.15, -0.1) is 0 Å². The first-order valence-electron chi connectivity index (χ1n) is 7.35. The maximum Gasteiger partial charge on any atom is 0.161 e. The van der Waals surface area contributed by atoms with Gasteiger partial charge >= 0.3 is 0 Å². The zero-order chi connectivity index (χ0) is 15.2. The van der Waals surface area contributed by atoms with Crippen LogP contribution in [-0.4, -0.2) is 23.6 Å². The van der Waals surface area contributed by atoms with Gasteiger partial charge in [0.2, 0.25) is 0 Å². The lowest BCUT2D eigenvalue weighted by atomic mass is 10.0. The number of anilines is 1. The number of nitrogens with zero attached hydrogens (tertiary/aromatic N) is 2. The largest absolute Gasteiger partial charge is 0.378 e. The molecule has 0 saturated carbocycles. The molecular weight excluding hydrogens is 262 g/mol. The van der Waals surface area contributed by atoms with Crippen molar-refractivity contribution in [3.8, 4) is 11.4 Å². The first-order valence-corrected chi connectivity index (χ1v) is 7.35. The van der Waals surface area contributed by atoms with Crippen LogP contribution >= 0.6 is 0 Å². The van der Waals surface area contributed by atoms with Gasteiger partial charge in [-0.05, 0) is 18.4 Å². The molecule has 0 unspecified atom stereocenters. The molecule has 0 aliphatic heterocycles. The Kier molecular flexibility index (Phi) is 5.28. The molecule has 0 saturated heterocycles. The van der Waals surface area contributed by atoms with E-state index in [2.05, 4.69) is 60.3 Å². The predicted molar refractivity (Wildman–Crippen MR) is 86.4 cm³/mol. The molecule has 1 aromatic carbocycles. The lowest BCUT2D eigenvalue weighted by Crippen LogP contribution is -2.04. The Morgan fingerprint density at radius 1 is 1.14 bits per heavy atom. The molecule has 1 aromatic heterocycles. The van der Waals surface area contributed by atoms with Gasteiger partial charge in [0.1, 0.15) is 5.82 Å². The van der Waals surface area contributed by atoms with Gasteiger partial charge in [-0.1, -0.05) is 38.1 Å². The molecule has 0 radical (unpaired) electrons. The van der Waals surface area contributed by atoms with Gasteiger partial charge in [-0.3, -0.25) is 0 Å². The summed E-state index contributed by atoms with van der Waals surface area (Å²) < 4.78 is 5.18. The maximum atomic E-state index is 5.18. The van der Waals surface area contributed by atoms with E-state index in [-0.39, 0.29) is 0 Å².